The van der Waals surface area contributed by atoms with Crippen molar-refractivity contribution in [2.45, 2.75) is 20.8 Å². The predicted octanol–water partition coefficient (Wildman–Crippen LogP) is 6.14. The lowest BCUT2D eigenvalue weighted by molar-refractivity contribution is -0.131. The Hall–Kier alpha value is -2.92. The summed E-state index contributed by atoms with van der Waals surface area (Å²) < 4.78 is 22.3. The van der Waals surface area contributed by atoms with Crippen molar-refractivity contribution < 1.29 is 23.7 Å². The molecule has 30 heavy (non-hydrogen) atoms. The van der Waals surface area contributed by atoms with Crippen LogP contribution in [0.25, 0.3) is 21.9 Å². The average molecular weight is 429 g/mol. The van der Waals surface area contributed by atoms with Gasteiger partial charge in [0.1, 0.15) is 0 Å². The highest BCUT2D eigenvalue weighted by Crippen LogP contribution is 2.51. The van der Waals surface area contributed by atoms with Crippen LogP contribution >= 0.6 is 11.6 Å². The normalized spacial score (nSPS) is 10.9. The summed E-state index contributed by atoms with van der Waals surface area (Å²) >= 11 is 6.12. The molecule has 0 aromatic heterocycles. The standard InChI is InChI=1S/C18H21ClO5.C6H4/c1-10(2)9-23-15-13-7-6-12(19)8-14(13)16(24-11(3)20)18(22-5)17(15)21-4;1-2-6-4-3-5(1)6/h6-8,10H,9H2,1-5H3;1-4H. The van der Waals surface area contributed by atoms with E-state index < -0.39 is 5.97 Å². The van der Waals surface area contributed by atoms with Gasteiger partial charge in [0.2, 0.25) is 11.5 Å². The Bertz CT molecular complexity index is 1040. The van der Waals surface area contributed by atoms with Gasteiger partial charge < -0.3 is 18.9 Å². The minimum atomic E-state index is -0.465. The van der Waals surface area contributed by atoms with E-state index in [1.54, 1.807) is 12.1 Å². The fourth-order valence-corrected chi connectivity index (χ4v) is 3.20. The number of carbonyl (C=O) groups is 1. The van der Waals surface area contributed by atoms with E-state index in [0.717, 1.165) is 5.39 Å². The fourth-order valence-electron chi connectivity index (χ4n) is 3.03. The van der Waals surface area contributed by atoms with Crippen LogP contribution in [0.5, 0.6) is 23.0 Å². The van der Waals surface area contributed by atoms with Gasteiger partial charge in [-0.05, 0) is 35.2 Å². The van der Waals surface area contributed by atoms with Crippen molar-refractivity contribution in [2.75, 3.05) is 20.8 Å². The molecule has 0 amide bonds. The van der Waals surface area contributed by atoms with Crippen molar-refractivity contribution in [1.82, 2.24) is 0 Å². The Morgan fingerprint density at radius 2 is 1.43 bits per heavy atom. The maximum absolute atomic E-state index is 11.5. The quantitative estimate of drug-likeness (QED) is 0.273. The van der Waals surface area contributed by atoms with Crippen molar-refractivity contribution in [3.8, 4) is 34.1 Å². The maximum Gasteiger partial charge on any atom is 0.308 e. The highest BCUT2D eigenvalue weighted by Gasteiger charge is 2.25. The number of methoxy groups -OCH3 is 2. The third-order valence-electron chi connectivity index (χ3n) is 4.52. The largest absolute Gasteiger partial charge is 0.490 e. The average Bonchev–Trinajstić information content (AvgIpc) is 2.69. The van der Waals surface area contributed by atoms with E-state index in [2.05, 4.69) is 38.1 Å². The molecule has 0 saturated carbocycles. The molecule has 6 heteroatoms. The molecule has 0 aliphatic heterocycles. The van der Waals surface area contributed by atoms with E-state index in [-0.39, 0.29) is 5.75 Å². The van der Waals surface area contributed by atoms with Crippen LogP contribution in [0.1, 0.15) is 20.8 Å². The first-order valence-electron chi connectivity index (χ1n) is 9.64. The van der Waals surface area contributed by atoms with Gasteiger partial charge in [-0.1, -0.05) is 49.7 Å². The molecule has 0 spiro atoms. The third kappa shape index (κ3) is 4.46. The van der Waals surface area contributed by atoms with Crippen molar-refractivity contribution in [2.24, 2.45) is 5.92 Å². The van der Waals surface area contributed by atoms with Crippen LogP contribution in [0, 0.1) is 5.92 Å². The number of hydrogen-bond donors (Lipinski definition) is 0. The highest BCUT2D eigenvalue weighted by atomic mass is 35.5. The Morgan fingerprint density at radius 1 is 0.867 bits per heavy atom. The van der Waals surface area contributed by atoms with Gasteiger partial charge in [0.25, 0.3) is 0 Å². The molecule has 0 N–H and O–H groups in total. The van der Waals surface area contributed by atoms with E-state index in [4.69, 9.17) is 30.5 Å². The second-order valence-electron chi connectivity index (χ2n) is 7.29. The second kappa shape index (κ2) is 9.26. The Labute approximate surface area is 181 Å². The molecule has 4 rings (SSSR count). The minimum Gasteiger partial charge on any atom is -0.490 e. The second-order valence-corrected chi connectivity index (χ2v) is 7.73. The molecule has 0 bridgehead atoms. The van der Waals surface area contributed by atoms with Crippen molar-refractivity contribution in [3.05, 3.63) is 47.5 Å². The Balaban J connectivity index is 0.000000357. The third-order valence-corrected chi connectivity index (χ3v) is 4.76. The first-order chi connectivity index (χ1) is 14.3. The molecule has 0 fully saturated rings. The van der Waals surface area contributed by atoms with Gasteiger partial charge in [0, 0.05) is 22.7 Å². The number of benzene rings is 3. The summed E-state index contributed by atoms with van der Waals surface area (Å²) in [6, 6.07) is 13.7. The number of ether oxygens (including phenoxy) is 4. The van der Waals surface area contributed by atoms with Crippen molar-refractivity contribution in [3.63, 3.8) is 0 Å². The Morgan fingerprint density at radius 3 is 1.87 bits per heavy atom. The molecule has 0 unspecified atom stereocenters. The van der Waals surface area contributed by atoms with Crippen LogP contribution in [0.15, 0.2) is 42.5 Å². The summed E-state index contributed by atoms with van der Waals surface area (Å²) in [6.07, 6.45) is 0. The number of esters is 1. The number of hydrogen-bond acceptors (Lipinski definition) is 5. The molecule has 0 atom stereocenters. The molecule has 0 heterocycles. The highest BCUT2D eigenvalue weighted by molar-refractivity contribution is 6.31. The summed E-state index contributed by atoms with van der Waals surface area (Å²) in [5, 5.41) is 1.86. The summed E-state index contributed by atoms with van der Waals surface area (Å²) in [4.78, 5) is 11.5. The zero-order valence-electron chi connectivity index (χ0n) is 17.7. The minimum absolute atomic E-state index is 0.260. The molecule has 158 valence electrons. The van der Waals surface area contributed by atoms with Gasteiger partial charge in [-0.25, -0.2) is 0 Å². The Kier molecular flexibility index (Phi) is 6.73. The van der Waals surface area contributed by atoms with E-state index in [0.29, 0.717) is 40.2 Å². The van der Waals surface area contributed by atoms with Crippen molar-refractivity contribution >= 4 is 28.3 Å². The predicted molar refractivity (Wildman–Crippen MR) is 119 cm³/mol. The summed E-state index contributed by atoms with van der Waals surface area (Å²) in [6.45, 7) is 5.93. The molecule has 0 saturated heterocycles. The van der Waals surface area contributed by atoms with Crippen molar-refractivity contribution in [1.29, 1.82) is 0 Å². The monoisotopic (exact) mass is 428 g/mol. The van der Waals surface area contributed by atoms with Crippen LogP contribution in [-0.2, 0) is 4.79 Å². The number of halogens is 1. The number of rotatable bonds is 6. The summed E-state index contributed by atoms with van der Waals surface area (Å²) in [5.74, 6) is 1.33. The lowest BCUT2D eigenvalue weighted by atomic mass is 9.95. The van der Waals surface area contributed by atoms with Gasteiger partial charge in [-0.3, -0.25) is 4.79 Å². The molecule has 2 aromatic carbocycles. The topological polar surface area (TPSA) is 54.0 Å². The molecular weight excluding hydrogens is 404 g/mol. The summed E-state index contributed by atoms with van der Waals surface area (Å²) in [5.41, 5.74) is 2.85. The van der Waals surface area contributed by atoms with Gasteiger partial charge in [-0.15, -0.1) is 0 Å². The SMILES string of the molecule is COc1c(OC)c(OC(C)=O)c2cc(Cl)ccc2c1OCC(C)C.c1cc2ccc1-2. The van der Waals surface area contributed by atoms with Gasteiger partial charge in [0.05, 0.1) is 20.8 Å². The smallest absolute Gasteiger partial charge is 0.308 e. The first kappa shape index (κ1) is 21.8. The molecular formula is C24H25ClO5. The molecule has 2 aromatic rings. The lowest BCUT2D eigenvalue weighted by Crippen LogP contribution is -2.09. The van der Waals surface area contributed by atoms with E-state index in [1.165, 1.54) is 32.3 Å². The molecule has 2 aliphatic rings. The number of carbonyl (C=O) groups excluding carboxylic acids is 1. The van der Waals surface area contributed by atoms with E-state index >= 15 is 0 Å². The van der Waals surface area contributed by atoms with E-state index in [9.17, 15) is 4.79 Å². The fraction of sp³-hybridized carbons (Fsp3) is 0.292. The summed E-state index contributed by atoms with van der Waals surface area (Å²) in [7, 11) is 2.99. The van der Waals surface area contributed by atoms with Crippen LogP contribution in [0.3, 0.4) is 0 Å². The molecule has 2 aliphatic carbocycles. The first-order valence-corrected chi connectivity index (χ1v) is 10.0. The lowest BCUT2D eigenvalue weighted by Gasteiger charge is -2.20. The van der Waals surface area contributed by atoms with Gasteiger partial charge in [0.15, 0.2) is 11.5 Å². The van der Waals surface area contributed by atoms with Crippen LogP contribution in [0.4, 0.5) is 0 Å². The van der Waals surface area contributed by atoms with E-state index in [1.807, 2.05) is 6.07 Å². The molecule has 5 nitrogen and oxygen atoms in total. The molecule has 0 radical (unpaired) electrons. The zero-order chi connectivity index (χ0) is 21.8. The zero-order valence-corrected chi connectivity index (χ0v) is 18.5. The van der Waals surface area contributed by atoms with Crippen LogP contribution in [0.2, 0.25) is 5.02 Å². The van der Waals surface area contributed by atoms with Gasteiger partial charge >= 0.3 is 5.97 Å². The number of fused-ring (bicyclic) bond motifs is 2. The van der Waals surface area contributed by atoms with Crippen LogP contribution in [-0.4, -0.2) is 26.8 Å². The van der Waals surface area contributed by atoms with Crippen LogP contribution < -0.4 is 18.9 Å². The van der Waals surface area contributed by atoms with Gasteiger partial charge in [-0.2, -0.15) is 0 Å². The maximum atomic E-state index is 11.5.